The highest BCUT2D eigenvalue weighted by atomic mass is 19.1. The zero-order chi connectivity index (χ0) is 19.3. The van der Waals surface area contributed by atoms with Crippen LogP contribution in [0.3, 0.4) is 0 Å². The molecule has 9 nitrogen and oxygen atoms in total. The van der Waals surface area contributed by atoms with Crippen LogP contribution in [-0.4, -0.2) is 49.7 Å². The number of rotatable bonds is 0. The van der Waals surface area contributed by atoms with E-state index in [0.717, 1.165) is 19.0 Å². The maximum absolute atomic E-state index is 14.0. The number of ether oxygens (including phenoxy) is 1. The van der Waals surface area contributed by atoms with Gasteiger partial charge in [-0.15, -0.1) is 0 Å². The number of carbonyl (C=O) groups is 1. The number of hydrogen-bond donors (Lipinski definition) is 1. The minimum absolute atomic E-state index is 0.163. The van der Waals surface area contributed by atoms with E-state index in [2.05, 4.69) is 25.4 Å². The van der Waals surface area contributed by atoms with E-state index in [9.17, 15) is 9.18 Å². The van der Waals surface area contributed by atoms with Crippen molar-refractivity contribution in [3.05, 3.63) is 41.7 Å². The predicted octanol–water partition coefficient (Wildman–Crippen LogP) is 1.51. The molecule has 1 fully saturated rings. The molecule has 1 saturated heterocycles. The third-order valence-corrected chi connectivity index (χ3v) is 5.08. The van der Waals surface area contributed by atoms with Gasteiger partial charge in [-0.2, -0.15) is 10.1 Å². The number of aromatic nitrogens is 5. The second-order valence-electron chi connectivity index (χ2n) is 7.02. The summed E-state index contributed by atoms with van der Waals surface area (Å²) in [6.07, 6.45) is 5.50. The number of nitrogens with one attached hydrogen (secondary N) is 1. The summed E-state index contributed by atoms with van der Waals surface area (Å²) in [5.41, 5.74) is 1.46. The Balaban J connectivity index is 1.69. The van der Waals surface area contributed by atoms with Gasteiger partial charge in [0, 0.05) is 12.1 Å². The summed E-state index contributed by atoms with van der Waals surface area (Å²) in [6.45, 7) is 2.80. The maximum atomic E-state index is 14.0. The summed E-state index contributed by atoms with van der Waals surface area (Å²) < 4.78 is 21.4. The van der Waals surface area contributed by atoms with Crippen LogP contribution in [0.4, 0.5) is 10.3 Å². The van der Waals surface area contributed by atoms with Crippen molar-refractivity contribution in [2.45, 2.75) is 31.9 Å². The molecule has 1 amide bonds. The van der Waals surface area contributed by atoms with Gasteiger partial charge in [-0.1, -0.05) is 0 Å². The van der Waals surface area contributed by atoms with Gasteiger partial charge in [0.05, 0.1) is 25.0 Å². The number of nitrogens with zero attached hydrogens (tertiary/aromatic N) is 6. The summed E-state index contributed by atoms with van der Waals surface area (Å²) in [4.78, 5) is 27.8. The smallest absolute Gasteiger partial charge is 0.256 e. The quantitative estimate of drug-likeness (QED) is 0.628. The fourth-order valence-electron chi connectivity index (χ4n) is 3.75. The van der Waals surface area contributed by atoms with Crippen LogP contribution in [0.25, 0.3) is 5.65 Å². The molecule has 10 heteroatoms. The molecule has 2 atom stereocenters. The fourth-order valence-corrected chi connectivity index (χ4v) is 3.75. The molecular formula is C18H18FN7O2. The Bertz CT molecular complexity index is 1070. The first kappa shape index (κ1) is 16.8. The van der Waals surface area contributed by atoms with Gasteiger partial charge in [-0.3, -0.25) is 4.79 Å². The van der Waals surface area contributed by atoms with E-state index in [1.165, 1.54) is 23.1 Å². The Labute approximate surface area is 159 Å². The van der Waals surface area contributed by atoms with Crippen LogP contribution in [0.1, 0.15) is 41.7 Å². The third kappa shape index (κ3) is 2.72. The van der Waals surface area contributed by atoms with Crippen LogP contribution in [0.5, 0.6) is 5.88 Å². The minimum atomic E-state index is -0.422. The lowest BCUT2D eigenvalue weighted by Crippen LogP contribution is -2.34. The number of fused-ring (bicyclic) bond motifs is 5. The molecule has 0 aromatic carbocycles. The van der Waals surface area contributed by atoms with E-state index < -0.39 is 5.82 Å². The van der Waals surface area contributed by atoms with Crippen LogP contribution in [0.15, 0.2) is 24.8 Å². The highest BCUT2D eigenvalue weighted by molar-refractivity contribution is 5.99. The SMILES string of the molecule is CC1CNC(=O)c2cnn3cnc(nc23)N2CCC[C@@H]2c2cc(F)cnc2O1. The Kier molecular flexibility index (Phi) is 3.85. The summed E-state index contributed by atoms with van der Waals surface area (Å²) in [5.74, 6) is 0.115. The Hall–Kier alpha value is -3.30. The summed E-state index contributed by atoms with van der Waals surface area (Å²) in [6, 6.07) is 1.29. The normalized spacial score (nSPS) is 21.9. The average Bonchev–Trinajstić information content (AvgIpc) is 3.33. The lowest BCUT2D eigenvalue weighted by atomic mass is 10.1. The highest BCUT2D eigenvalue weighted by Gasteiger charge is 2.32. The molecule has 0 radical (unpaired) electrons. The van der Waals surface area contributed by atoms with E-state index in [0.29, 0.717) is 35.1 Å². The number of pyridine rings is 1. The lowest BCUT2D eigenvalue weighted by Gasteiger charge is -2.26. The minimum Gasteiger partial charge on any atom is -0.473 e. The Morgan fingerprint density at radius 1 is 1.32 bits per heavy atom. The molecule has 0 spiro atoms. The first-order valence-corrected chi connectivity index (χ1v) is 9.17. The van der Waals surface area contributed by atoms with Crippen molar-refractivity contribution in [1.82, 2.24) is 29.9 Å². The van der Waals surface area contributed by atoms with Crippen LogP contribution in [0.2, 0.25) is 0 Å². The fraction of sp³-hybridized carbons (Fsp3) is 0.389. The van der Waals surface area contributed by atoms with E-state index in [4.69, 9.17) is 4.74 Å². The number of carbonyl (C=O) groups excluding carboxylic acids is 1. The molecule has 0 aliphatic carbocycles. The number of hydrogen-bond acceptors (Lipinski definition) is 7. The molecule has 28 heavy (non-hydrogen) atoms. The van der Waals surface area contributed by atoms with Crippen LogP contribution < -0.4 is 15.0 Å². The van der Waals surface area contributed by atoms with Gasteiger partial charge in [-0.25, -0.2) is 18.9 Å². The molecule has 1 N–H and O–H groups in total. The van der Waals surface area contributed by atoms with Crippen molar-refractivity contribution in [1.29, 1.82) is 0 Å². The zero-order valence-electron chi connectivity index (χ0n) is 15.2. The molecule has 1 unspecified atom stereocenters. The summed E-state index contributed by atoms with van der Waals surface area (Å²) in [5, 5.41) is 6.98. The average molecular weight is 383 g/mol. The first-order chi connectivity index (χ1) is 13.6. The second kappa shape index (κ2) is 6.39. The highest BCUT2D eigenvalue weighted by Crippen LogP contribution is 2.38. The predicted molar refractivity (Wildman–Crippen MR) is 96.7 cm³/mol. The first-order valence-electron chi connectivity index (χ1n) is 9.17. The van der Waals surface area contributed by atoms with Gasteiger partial charge < -0.3 is 15.0 Å². The molecule has 2 aliphatic heterocycles. The second-order valence-corrected chi connectivity index (χ2v) is 7.02. The standard InChI is InChI=1S/C18H18FN7O2/c1-10-6-20-16(27)13-8-23-26-9-22-18(24-15(13)26)25-4-2-3-14(25)12-5-11(19)7-21-17(12)28-10/h5,7-10,14H,2-4,6H2,1H3,(H,20,27)/t10?,14-/m1/s1. The largest absolute Gasteiger partial charge is 0.473 e. The van der Waals surface area contributed by atoms with Crippen molar-refractivity contribution >= 4 is 17.5 Å². The Morgan fingerprint density at radius 2 is 2.21 bits per heavy atom. The molecule has 5 heterocycles. The molecule has 0 saturated carbocycles. The summed E-state index contributed by atoms with van der Waals surface area (Å²) >= 11 is 0. The Morgan fingerprint density at radius 3 is 3.11 bits per heavy atom. The van der Waals surface area contributed by atoms with Crippen LogP contribution >= 0.6 is 0 Å². The molecule has 2 bridgehead atoms. The number of amides is 1. The lowest BCUT2D eigenvalue weighted by molar-refractivity contribution is 0.0932. The molecule has 3 aromatic rings. The van der Waals surface area contributed by atoms with Crippen LogP contribution in [-0.2, 0) is 0 Å². The topological polar surface area (TPSA) is 97.5 Å². The zero-order valence-corrected chi connectivity index (χ0v) is 15.2. The molecule has 2 aliphatic rings. The van der Waals surface area contributed by atoms with E-state index >= 15 is 0 Å². The maximum Gasteiger partial charge on any atom is 0.256 e. The molecular weight excluding hydrogens is 365 g/mol. The van der Waals surface area contributed by atoms with Gasteiger partial charge in [0.15, 0.2) is 5.65 Å². The van der Waals surface area contributed by atoms with Crippen LogP contribution in [0, 0.1) is 5.82 Å². The number of anilines is 1. The van der Waals surface area contributed by atoms with Gasteiger partial charge >= 0.3 is 0 Å². The van der Waals surface area contributed by atoms with E-state index in [-0.39, 0.29) is 24.6 Å². The van der Waals surface area contributed by atoms with Crippen molar-refractivity contribution in [3.63, 3.8) is 0 Å². The summed E-state index contributed by atoms with van der Waals surface area (Å²) in [7, 11) is 0. The van der Waals surface area contributed by atoms with Gasteiger partial charge in [0.25, 0.3) is 5.91 Å². The van der Waals surface area contributed by atoms with Gasteiger partial charge in [-0.05, 0) is 25.8 Å². The van der Waals surface area contributed by atoms with Crippen molar-refractivity contribution < 1.29 is 13.9 Å². The third-order valence-electron chi connectivity index (χ3n) is 5.08. The van der Waals surface area contributed by atoms with Gasteiger partial charge in [0.1, 0.15) is 23.8 Å². The van der Waals surface area contributed by atoms with E-state index in [1.807, 2.05) is 11.8 Å². The van der Waals surface area contributed by atoms with Crippen molar-refractivity contribution in [2.75, 3.05) is 18.0 Å². The molecule has 5 rings (SSSR count). The van der Waals surface area contributed by atoms with Gasteiger partial charge in [0.2, 0.25) is 11.8 Å². The van der Waals surface area contributed by atoms with Crippen molar-refractivity contribution in [3.8, 4) is 5.88 Å². The van der Waals surface area contributed by atoms with Crippen molar-refractivity contribution in [2.24, 2.45) is 0 Å². The molecule has 3 aromatic heterocycles. The monoisotopic (exact) mass is 383 g/mol. The molecule has 144 valence electrons. The van der Waals surface area contributed by atoms with E-state index in [1.54, 1.807) is 0 Å². The number of halogens is 1.